The maximum atomic E-state index is 12.6. The van der Waals surface area contributed by atoms with Gasteiger partial charge in [0.05, 0.1) is 19.9 Å². The number of benzene rings is 2. The van der Waals surface area contributed by atoms with E-state index in [2.05, 4.69) is 5.10 Å². The van der Waals surface area contributed by atoms with Gasteiger partial charge in [-0.2, -0.15) is 5.10 Å². The second-order valence-electron chi connectivity index (χ2n) is 5.92. The van der Waals surface area contributed by atoms with Crippen LogP contribution in [0.1, 0.15) is 27.8 Å². The molecule has 0 aliphatic carbocycles. The lowest BCUT2D eigenvalue weighted by Crippen LogP contribution is -2.15. The lowest BCUT2D eigenvalue weighted by atomic mass is 10.1. The third kappa shape index (κ3) is 4.01. The summed E-state index contributed by atoms with van der Waals surface area (Å²) in [4.78, 5) is 36.2. The summed E-state index contributed by atoms with van der Waals surface area (Å²) in [6.45, 7) is 1.30. The van der Waals surface area contributed by atoms with Gasteiger partial charge in [0.1, 0.15) is 17.0 Å². The number of para-hydroxylation sites is 1. The first-order valence-corrected chi connectivity index (χ1v) is 8.60. The number of hydrogen-bond acceptors (Lipinski definition) is 7. The average molecular weight is 394 g/mol. The van der Waals surface area contributed by atoms with Crippen molar-refractivity contribution >= 4 is 17.9 Å². The smallest absolute Gasteiger partial charge is 0.357 e. The van der Waals surface area contributed by atoms with Crippen LogP contribution >= 0.6 is 0 Å². The first kappa shape index (κ1) is 19.8. The van der Waals surface area contributed by atoms with Crippen LogP contribution in [0.3, 0.4) is 0 Å². The number of ether oxygens (including phenoxy) is 3. The van der Waals surface area contributed by atoms with Crippen LogP contribution in [0, 0.1) is 0 Å². The quantitative estimate of drug-likeness (QED) is 0.485. The standard InChI is InChI=1S/C21H18N2O6/c1-13(24)29-16-11-9-14(10-12-16)18-17(20(25)27-2)19(21(26)28-3)23(22-18)15-7-5-4-6-8-15/h4-12H,1-3H3. The van der Waals surface area contributed by atoms with Gasteiger partial charge in [-0.25, -0.2) is 14.3 Å². The molecule has 3 aromatic rings. The van der Waals surface area contributed by atoms with E-state index in [0.29, 0.717) is 17.0 Å². The van der Waals surface area contributed by atoms with Crippen molar-refractivity contribution in [3.05, 3.63) is 65.9 Å². The fourth-order valence-corrected chi connectivity index (χ4v) is 2.80. The SMILES string of the molecule is COC(=O)c1c(-c2ccc(OC(C)=O)cc2)nn(-c2ccccc2)c1C(=O)OC. The molecule has 0 aliphatic rings. The fraction of sp³-hybridized carbons (Fsp3) is 0.143. The summed E-state index contributed by atoms with van der Waals surface area (Å²) in [5.74, 6) is -1.57. The predicted molar refractivity (Wildman–Crippen MR) is 103 cm³/mol. The number of carbonyl (C=O) groups excluding carboxylic acids is 3. The van der Waals surface area contributed by atoms with E-state index in [1.807, 2.05) is 6.07 Å². The van der Waals surface area contributed by atoms with Gasteiger partial charge in [0.15, 0.2) is 5.69 Å². The predicted octanol–water partition coefficient (Wildman–Crippen LogP) is 3.04. The summed E-state index contributed by atoms with van der Waals surface area (Å²) in [5, 5.41) is 4.49. The Morgan fingerprint density at radius 3 is 2.03 bits per heavy atom. The lowest BCUT2D eigenvalue weighted by Gasteiger charge is -2.07. The Kier molecular flexibility index (Phi) is 5.73. The Bertz CT molecular complexity index is 1050. The van der Waals surface area contributed by atoms with Crippen molar-refractivity contribution in [2.75, 3.05) is 14.2 Å². The van der Waals surface area contributed by atoms with Crippen LogP contribution in [0.25, 0.3) is 16.9 Å². The number of nitrogens with zero attached hydrogens (tertiary/aromatic N) is 2. The Hall–Kier alpha value is -3.94. The van der Waals surface area contributed by atoms with Crippen LogP contribution in [-0.4, -0.2) is 41.9 Å². The van der Waals surface area contributed by atoms with Crippen LogP contribution in [-0.2, 0) is 14.3 Å². The fourth-order valence-electron chi connectivity index (χ4n) is 2.80. The normalized spacial score (nSPS) is 10.3. The van der Waals surface area contributed by atoms with E-state index in [9.17, 15) is 14.4 Å². The number of aromatic nitrogens is 2. The highest BCUT2D eigenvalue weighted by Gasteiger charge is 2.31. The third-order valence-corrected chi connectivity index (χ3v) is 4.04. The zero-order chi connectivity index (χ0) is 21.0. The van der Waals surface area contributed by atoms with Gasteiger partial charge in [-0.15, -0.1) is 0 Å². The number of hydrogen-bond donors (Lipinski definition) is 0. The van der Waals surface area contributed by atoms with Crippen LogP contribution in [0.4, 0.5) is 0 Å². The highest BCUT2D eigenvalue weighted by molar-refractivity contribution is 6.06. The molecule has 1 heterocycles. The molecule has 0 aliphatic heterocycles. The number of esters is 3. The molecule has 0 atom stereocenters. The van der Waals surface area contributed by atoms with Crippen LogP contribution in [0.15, 0.2) is 54.6 Å². The maximum absolute atomic E-state index is 12.6. The van der Waals surface area contributed by atoms with Crippen LogP contribution < -0.4 is 4.74 Å². The van der Waals surface area contributed by atoms with Gasteiger partial charge >= 0.3 is 17.9 Å². The molecule has 0 spiro atoms. The molecule has 0 fully saturated rings. The molecule has 148 valence electrons. The van der Waals surface area contributed by atoms with Crippen molar-refractivity contribution in [2.24, 2.45) is 0 Å². The first-order chi connectivity index (χ1) is 14.0. The van der Waals surface area contributed by atoms with E-state index in [4.69, 9.17) is 14.2 Å². The summed E-state index contributed by atoms with van der Waals surface area (Å²) < 4.78 is 16.1. The van der Waals surface area contributed by atoms with Crippen molar-refractivity contribution in [3.63, 3.8) is 0 Å². The van der Waals surface area contributed by atoms with Gasteiger partial charge < -0.3 is 14.2 Å². The minimum Gasteiger partial charge on any atom is -0.465 e. The van der Waals surface area contributed by atoms with Gasteiger partial charge in [0, 0.05) is 12.5 Å². The molecule has 3 rings (SSSR count). The van der Waals surface area contributed by atoms with E-state index < -0.39 is 17.9 Å². The molecule has 0 unspecified atom stereocenters. The lowest BCUT2D eigenvalue weighted by molar-refractivity contribution is -0.131. The monoisotopic (exact) mass is 394 g/mol. The molecule has 8 heteroatoms. The van der Waals surface area contributed by atoms with E-state index in [1.165, 1.54) is 25.8 Å². The molecule has 1 aromatic heterocycles. The Balaban J connectivity index is 2.23. The molecule has 29 heavy (non-hydrogen) atoms. The molecule has 0 bridgehead atoms. The van der Waals surface area contributed by atoms with E-state index >= 15 is 0 Å². The summed E-state index contributed by atoms with van der Waals surface area (Å²) >= 11 is 0. The molecule has 0 N–H and O–H groups in total. The summed E-state index contributed by atoms with van der Waals surface area (Å²) in [6, 6.07) is 15.3. The summed E-state index contributed by atoms with van der Waals surface area (Å²) in [5.41, 5.74) is 1.26. The van der Waals surface area contributed by atoms with Gasteiger partial charge in [-0.1, -0.05) is 18.2 Å². The highest BCUT2D eigenvalue weighted by atomic mass is 16.5. The number of carbonyl (C=O) groups is 3. The van der Waals surface area contributed by atoms with Crippen molar-refractivity contribution in [1.82, 2.24) is 9.78 Å². The third-order valence-electron chi connectivity index (χ3n) is 4.04. The van der Waals surface area contributed by atoms with E-state index in [0.717, 1.165) is 0 Å². The molecule has 2 aromatic carbocycles. The number of rotatable bonds is 5. The highest BCUT2D eigenvalue weighted by Crippen LogP contribution is 2.30. The van der Waals surface area contributed by atoms with Gasteiger partial charge in [-0.05, 0) is 36.4 Å². The molecule has 0 radical (unpaired) electrons. The first-order valence-electron chi connectivity index (χ1n) is 8.60. The molecule has 8 nitrogen and oxygen atoms in total. The van der Waals surface area contributed by atoms with Crippen LogP contribution in [0.5, 0.6) is 5.75 Å². The van der Waals surface area contributed by atoms with Crippen molar-refractivity contribution in [2.45, 2.75) is 6.92 Å². The topological polar surface area (TPSA) is 96.7 Å². The largest absolute Gasteiger partial charge is 0.465 e. The zero-order valence-corrected chi connectivity index (χ0v) is 16.0. The number of methoxy groups -OCH3 is 2. The molecular weight excluding hydrogens is 376 g/mol. The molecular formula is C21H18N2O6. The second-order valence-corrected chi connectivity index (χ2v) is 5.92. The van der Waals surface area contributed by atoms with Crippen LogP contribution in [0.2, 0.25) is 0 Å². The summed E-state index contributed by atoms with van der Waals surface area (Å²) in [6.07, 6.45) is 0. The summed E-state index contributed by atoms with van der Waals surface area (Å²) in [7, 11) is 2.44. The van der Waals surface area contributed by atoms with Crippen molar-refractivity contribution in [1.29, 1.82) is 0 Å². The van der Waals surface area contributed by atoms with Gasteiger partial charge in [-0.3, -0.25) is 4.79 Å². The van der Waals surface area contributed by atoms with Crippen molar-refractivity contribution in [3.8, 4) is 22.7 Å². The van der Waals surface area contributed by atoms with Gasteiger partial charge in [0.25, 0.3) is 0 Å². The van der Waals surface area contributed by atoms with E-state index in [-0.39, 0.29) is 17.0 Å². The minimum absolute atomic E-state index is 0.0246. The molecule has 0 saturated carbocycles. The molecule has 0 saturated heterocycles. The molecule has 0 amide bonds. The average Bonchev–Trinajstić information content (AvgIpc) is 3.14. The van der Waals surface area contributed by atoms with Gasteiger partial charge in [0.2, 0.25) is 0 Å². The van der Waals surface area contributed by atoms with E-state index in [1.54, 1.807) is 48.5 Å². The minimum atomic E-state index is -0.732. The zero-order valence-electron chi connectivity index (χ0n) is 16.0. The second kappa shape index (κ2) is 8.39. The van der Waals surface area contributed by atoms with Crippen molar-refractivity contribution < 1.29 is 28.6 Å². The Morgan fingerprint density at radius 2 is 1.48 bits per heavy atom. The Labute approximate surface area is 166 Å². The Morgan fingerprint density at radius 1 is 0.862 bits per heavy atom. The maximum Gasteiger partial charge on any atom is 0.357 e.